The number of allylic oxidation sites excluding steroid dienone is 1. The summed E-state index contributed by atoms with van der Waals surface area (Å²) in [4.78, 5) is 45.5. The van der Waals surface area contributed by atoms with Gasteiger partial charge in [-0.1, -0.05) is 6.08 Å². The summed E-state index contributed by atoms with van der Waals surface area (Å²) in [5.74, 6) is -3.50. The van der Waals surface area contributed by atoms with E-state index in [0.29, 0.717) is 0 Å². The molecule has 0 aromatic rings. The molecule has 1 N–H and O–H groups in total. The van der Waals surface area contributed by atoms with Gasteiger partial charge in [0.1, 0.15) is 13.2 Å². The summed E-state index contributed by atoms with van der Waals surface area (Å²) in [6, 6.07) is 0. The van der Waals surface area contributed by atoms with E-state index >= 15 is 0 Å². The zero-order chi connectivity index (χ0) is 17.5. The molecule has 8 heteroatoms. The van der Waals surface area contributed by atoms with Crippen molar-refractivity contribution in [2.45, 2.75) is 26.2 Å². The van der Waals surface area contributed by atoms with Crippen LogP contribution in [0.1, 0.15) is 26.2 Å². The van der Waals surface area contributed by atoms with E-state index in [1.54, 1.807) is 6.92 Å². The van der Waals surface area contributed by atoms with Crippen LogP contribution in [0.4, 0.5) is 0 Å². The molecule has 0 saturated heterocycles. The van der Waals surface area contributed by atoms with Gasteiger partial charge in [-0.15, -0.1) is 6.58 Å². The lowest BCUT2D eigenvalue weighted by Crippen LogP contribution is -2.32. The highest BCUT2D eigenvalue weighted by molar-refractivity contribution is 6.04. The second-order valence-electron chi connectivity index (χ2n) is 4.99. The Labute approximate surface area is 133 Å². The van der Waals surface area contributed by atoms with Gasteiger partial charge in [0.2, 0.25) is 0 Å². The van der Waals surface area contributed by atoms with Crippen LogP contribution in [-0.4, -0.2) is 48.8 Å². The minimum Gasteiger partial charge on any atom is -0.481 e. The summed E-state index contributed by atoms with van der Waals surface area (Å²) in [6.07, 6.45) is 1.21. The average molecular weight is 328 g/mol. The Kier molecular flexibility index (Phi) is 6.74. The van der Waals surface area contributed by atoms with Gasteiger partial charge in [0.15, 0.2) is 5.41 Å². The second-order valence-corrected chi connectivity index (χ2v) is 4.99. The van der Waals surface area contributed by atoms with Gasteiger partial charge in [-0.3, -0.25) is 19.2 Å². The zero-order valence-corrected chi connectivity index (χ0v) is 12.9. The van der Waals surface area contributed by atoms with Crippen molar-refractivity contribution in [1.82, 2.24) is 0 Å². The summed E-state index contributed by atoms with van der Waals surface area (Å²) in [5, 5.41) is 8.42. The van der Waals surface area contributed by atoms with E-state index in [-0.39, 0.29) is 45.0 Å². The van der Waals surface area contributed by atoms with Crippen LogP contribution in [0, 0.1) is 11.3 Å². The smallest absolute Gasteiger partial charge is 0.324 e. The molecule has 1 rings (SSSR count). The van der Waals surface area contributed by atoms with Crippen LogP contribution in [0.5, 0.6) is 0 Å². The molecule has 1 saturated carbocycles. The largest absolute Gasteiger partial charge is 0.481 e. The van der Waals surface area contributed by atoms with E-state index in [0.717, 1.165) is 0 Å². The normalized spacial score (nSPS) is 21.9. The van der Waals surface area contributed by atoms with Crippen molar-refractivity contribution < 1.29 is 38.5 Å². The van der Waals surface area contributed by atoms with Crippen LogP contribution < -0.4 is 0 Å². The van der Waals surface area contributed by atoms with Gasteiger partial charge >= 0.3 is 23.9 Å². The minimum atomic E-state index is -1.34. The summed E-state index contributed by atoms with van der Waals surface area (Å²) >= 11 is 0. The molecule has 1 aliphatic rings. The molecule has 2 unspecified atom stereocenters. The number of ether oxygens (including phenoxy) is 3. The van der Waals surface area contributed by atoms with Crippen LogP contribution in [0.25, 0.3) is 0 Å². The number of carboxylic acids is 1. The lowest BCUT2D eigenvalue weighted by atomic mass is 10.0. The first-order valence-corrected chi connectivity index (χ1v) is 7.22. The van der Waals surface area contributed by atoms with Crippen molar-refractivity contribution in [3.8, 4) is 0 Å². The number of aliphatic carboxylic acids is 1. The molecule has 2 atom stereocenters. The van der Waals surface area contributed by atoms with Crippen molar-refractivity contribution in [1.29, 1.82) is 0 Å². The monoisotopic (exact) mass is 328 g/mol. The lowest BCUT2D eigenvalue weighted by Gasteiger charge is -2.14. The Morgan fingerprint density at radius 1 is 1.13 bits per heavy atom. The van der Waals surface area contributed by atoms with Crippen LogP contribution in [0.3, 0.4) is 0 Å². The van der Waals surface area contributed by atoms with E-state index in [2.05, 4.69) is 6.58 Å². The fraction of sp³-hybridized carbons (Fsp3) is 0.600. The molecule has 0 spiro atoms. The predicted octanol–water partition coefficient (Wildman–Crippen LogP) is 0.693. The van der Waals surface area contributed by atoms with Gasteiger partial charge in [-0.25, -0.2) is 0 Å². The average Bonchev–Trinajstić information content (AvgIpc) is 3.25. The fourth-order valence-electron chi connectivity index (χ4n) is 2.08. The molecule has 128 valence electrons. The highest BCUT2D eigenvalue weighted by Crippen LogP contribution is 2.55. The van der Waals surface area contributed by atoms with E-state index < -0.39 is 29.3 Å². The summed E-state index contributed by atoms with van der Waals surface area (Å²) < 4.78 is 14.6. The molecule has 23 heavy (non-hydrogen) atoms. The SMILES string of the molecule is C=CC1CC1(C(=O)OCC)C(=O)OCCOC(=O)CCC(=O)O. The van der Waals surface area contributed by atoms with Crippen molar-refractivity contribution in [3.05, 3.63) is 12.7 Å². The quantitative estimate of drug-likeness (QED) is 0.205. The molecule has 0 aromatic carbocycles. The highest BCUT2D eigenvalue weighted by atomic mass is 16.6. The van der Waals surface area contributed by atoms with Crippen LogP contribution in [-0.2, 0) is 33.4 Å². The summed E-state index contributed by atoms with van der Waals surface area (Å²) in [7, 11) is 0. The van der Waals surface area contributed by atoms with Gasteiger partial charge in [0, 0.05) is 5.92 Å². The van der Waals surface area contributed by atoms with Crippen molar-refractivity contribution in [2.24, 2.45) is 11.3 Å². The Balaban J connectivity index is 2.37. The van der Waals surface area contributed by atoms with E-state index in [1.165, 1.54) is 6.08 Å². The Hall–Kier alpha value is -2.38. The maximum atomic E-state index is 12.1. The van der Waals surface area contributed by atoms with Crippen molar-refractivity contribution in [2.75, 3.05) is 19.8 Å². The first-order valence-electron chi connectivity index (χ1n) is 7.22. The Bertz CT molecular complexity index is 498. The van der Waals surface area contributed by atoms with E-state index in [9.17, 15) is 19.2 Å². The fourth-order valence-corrected chi connectivity index (χ4v) is 2.08. The van der Waals surface area contributed by atoms with Gasteiger partial charge < -0.3 is 19.3 Å². The third-order valence-corrected chi connectivity index (χ3v) is 3.43. The van der Waals surface area contributed by atoms with Gasteiger partial charge in [0.05, 0.1) is 19.4 Å². The number of carbonyl (C=O) groups excluding carboxylic acids is 3. The zero-order valence-electron chi connectivity index (χ0n) is 12.9. The number of hydrogen-bond donors (Lipinski definition) is 1. The van der Waals surface area contributed by atoms with E-state index in [1.807, 2.05) is 0 Å². The molecule has 0 radical (unpaired) electrons. The van der Waals surface area contributed by atoms with Gasteiger partial charge in [0.25, 0.3) is 0 Å². The van der Waals surface area contributed by atoms with Gasteiger partial charge in [-0.05, 0) is 13.3 Å². The maximum absolute atomic E-state index is 12.1. The molecule has 8 nitrogen and oxygen atoms in total. The highest BCUT2D eigenvalue weighted by Gasteiger charge is 2.67. The maximum Gasteiger partial charge on any atom is 0.324 e. The topological polar surface area (TPSA) is 116 Å². The predicted molar refractivity (Wildman–Crippen MR) is 76.2 cm³/mol. The first kappa shape index (κ1) is 18.7. The number of hydrogen-bond acceptors (Lipinski definition) is 7. The van der Waals surface area contributed by atoms with Crippen LogP contribution in [0.15, 0.2) is 12.7 Å². The second kappa shape index (κ2) is 8.30. The molecule has 0 amide bonds. The lowest BCUT2D eigenvalue weighted by molar-refractivity contribution is -0.167. The van der Waals surface area contributed by atoms with Crippen molar-refractivity contribution in [3.63, 3.8) is 0 Å². The van der Waals surface area contributed by atoms with Crippen LogP contribution >= 0.6 is 0 Å². The van der Waals surface area contributed by atoms with Gasteiger partial charge in [-0.2, -0.15) is 0 Å². The Morgan fingerprint density at radius 3 is 2.26 bits per heavy atom. The Morgan fingerprint density at radius 2 is 1.74 bits per heavy atom. The third-order valence-electron chi connectivity index (χ3n) is 3.43. The molecular weight excluding hydrogens is 308 g/mol. The standard InChI is InChI=1S/C15H20O8/c1-3-10-9-15(10,13(19)21-4-2)14(20)23-8-7-22-12(18)6-5-11(16)17/h3,10H,1,4-9H2,2H3,(H,16,17). The number of rotatable bonds is 10. The third kappa shape index (κ3) is 4.80. The molecule has 0 bridgehead atoms. The molecule has 1 aliphatic carbocycles. The molecular formula is C15H20O8. The first-order chi connectivity index (χ1) is 10.9. The summed E-state index contributed by atoms with van der Waals surface area (Å²) in [6.45, 7) is 4.93. The number of carbonyl (C=O) groups is 4. The number of esters is 3. The molecule has 1 fully saturated rings. The van der Waals surface area contributed by atoms with Crippen LogP contribution in [0.2, 0.25) is 0 Å². The molecule has 0 heterocycles. The molecule has 0 aliphatic heterocycles. The van der Waals surface area contributed by atoms with Crippen molar-refractivity contribution >= 4 is 23.9 Å². The van der Waals surface area contributed by atoms with E-state index in [4.69, 9.17) is 19.3 Å². The number of carboxylic acid groups (broad SMARTS) is 1. The minimum absolute atomic E-state index is 0.152. The summed E-state index contributed by atoms with van der Waals surface area (Å²) in [5.41, 5.74) is -1.34. The molecule has 0 aromatic heterocycles.